The second kappa shape index (κ2) is 20.2. The number of hydrogen-bond donors (Lipinski definition) is 3. The van der Waals surface area contributed by atoms with Crippen LogP contribution in [0.2, 0.25) is 0 Å². The average Bonchev–Trinajstić information content (AvgIpc) is 3.11. The van der Waals surface area contributed by atoms with Gasteiger partial charge in [-0.2, -0.15) is 0 Å². The largest absolute Gasteiger partial charge is 0.394 e. The first-order valence-corrected chi connectivity index (χ1v) is 13.1. The Balaban J connectivity index is 1.80. The monoisotopic (exact) mass is 442 g/mol. The second-order valence-electron chi connectivity index (χ2n) is 9.09. The molecule has 3 N–H and O–H groups in total. The Kier molecular flexibility index (Phi) is 18.6. The minimum Gasteiger partial charge on any atom is -0.394 e. The first-order valence-electron chi connectivity index (χ1n) is 13.1. The van der Waals surface area contributed by atoms with Gasteiger partial charge in [0, 0.05) is 6.61 Å². The molecule has 0 aromatic rings. The fourth-order valence-corrected chi connectivity index (χ4v) is 4.14. The van der Waals surface area contributed by atoms with Crippen LogP contribution in [0.5, 0.6) is 0 Å². The molecule has 1 rings (SSSR count). The fourth-order valence-electron chi connectivity index (χ4n) is 4.14. The highest BCUT2D eigenvalue weighted by Gasteiger charge is 2.40. The molecule has 0 spiro atoms. The zero-order valence-corrected chi connectivity index (χ0v) is 20.1. The summed E-state index contributed by atoms with van der Waals surface area (Å²) in [6.07, 6.45) is 22.3. The summed E-state index contributed by atoms with van der Waals surface area (Å²) in [6.45, 7) is 2.71. The van der Waals surface area contributed by atoms with Crippen molar-refractivity contribution in [1.29, 1.82) is 0 Å². The van der Waals surface area contributed by atoms with E-state index in [0.29, 0.717) is 6.61 Å². The minimum absolute atomic E-state index is 0.0994. The van der Waals surface area contributed by atoms with Crippen molar-refractivity contribution in [3.8, 4) is 0 Å². The molecule has 184 valence electrons. The van der Waals surface area contributed by atoms with Crippen molar-refractivity contribution >= 4 is 0 Å². The van der Waals surface area contributed by atoms with E-state index in [1.54, 1.807) is 0 Å². The lowest BCUT2D eigenvalue weighted by Crippen LogP contribution is -2.42. The van der Waals surface area contributed by atoms with Crippen molar-refractivity contribution in [3.05, 3.63) is 12.2 Å². The van der Waals surface area contributed by atoms with Crippen molar-refractivity contribution in [2.75, 3.05) is 19.8 Å². The number of aliphatic hydroxyl groups excluding tert-OH is 3. The Morgan fingerprint density at radius 2 is 1.32 bits per heavy atom. The molecular formula is C26H50O5. The van der Waals surface area contributed by atoms with Crippen molar-refractivity contribution in [2.24, 2.45) is 0 Å². The van der Waals surface area contributed by atoms with Crippen LogP contribution in [0.1, 0.15) is 110 Å². The molecule has 1 fully saturated rings. The highest BCUT2D eigenvalue weighted by Crippen LogP contribution is 2.20. The van der Waals surface area contributed by atoms with Gasteiger partial charge >= 0.3 is 0 Å². The van der Waals surface area contributed by atoms with E-state index in [4.69, 9.17) is 9.47 Å². The van der Waals surface area contributed by atoms with E-state index in [-0.39, 0.29) is 13.2 Å². The highest BCUT2D eigenvalue weighted by molar-refractivity contribution is 4.88. The Morgan fingerprint density at radius 3 is 1.81 bits per heavy atom. The minimum atomic E-state index is -0.977. The Morgan fingerprint density at radius 1 is 0.806 bits per heavy atom. The molecule has 0 aromatic heterocycles. The maximum atomic E-state index is 9.85. The Hall–Kier alpha value is -0.460. The van der Waals surface area contributed by atoms with Crippen LogP contribution in [-0.4, -0.2) is 59.6 Å². The van der Waals surface area contributed by atoms with Crippen LogP contribution in [0, 0.1) is 0 Å². The number of unbranched alkanes of at least 4 members (excludes halogenated alkanes) is 14. The van der Waals surface area contributed by atoms with Gasteiger partial charge in [0.25, 0.3) is 0 Å². The summed E-state index contributed by atoms with van der Waals surface area (Å²) in [5.74, 6) is 0. The SMILES string of the molecule is CCCCC/C=C/CCCCCCCCCCCCCO[C@H](CO)[C@@H]1OC[C@H](O)[C@@H]1O. The quantitative estimate of drug-likeness (QED) is 0.166. The third kappa shape index (κ3) is 14.3. The lowest BCUT2D eigenvalue weighted by molar-refractivity contribution is -0.101. The highest BCUT2D eigenvalue weighted by atomic mass is 16.6. The van der Waals surface area contributed by atoms with Crippen LogP contribution in [0.4, 0.5) is 0 Å². The number of allylic oxidation sites excluding steroid dienone is 2. The van der Waals surface area contributed by atoms with Crippen molar-refractivity contribution < 1.29 is 24.8 Å². The van der Waals surface area contributed by atoms with E-state index in [1.807, 2.05) is 0 Å². The molecule has 1 aliphatic heterocycles. The van der Waals surface area contributed by atoms with E-state index in [2.05, 4.69) is 19.1 Å². The predicted octanol–water partition coefficient (Wildman–Crippen LogP) is 5.30. The molecule has 0 aromatic carbocycles. The maximum absolute atomic E-state index is 9.85. The van der Waals surface area contributed by atoms with Gasteiger partial charge in [-0.25, -0.2) is 0 Å². The zero-order valence-electron chi connectivity index (χ0n) is 20.1. The van der Waals surface area contributed by atoms with Crippen LogP contribution in [-0.2, 0) is 9.47 Å². The van der Waals surface area contributed by atoms with E-state index in [9.17, 15) is 15.3 Å². The van der Waals surface area contributed by atoms with Gasteiger partial charge in [0.1, 0.15) is 24.4 Å². The van der Waals surface area contributed by atoms with Gasteiger partial charge in [-0.15, -0.1) is 0 Å². The molecule has 0 saturated carbocycles. The molecular weight excluding hydrogens is 392 g/mol. The van der Waals surface area contributed by atoms with Gasteiger partial charge in [0.2, 0.25) is 0 Å². The third-order valence-electron chi connectivity index (χ3n) is 6.22. The van der Waals surface area contributed by atoms with Crippen molar-refractivity contribution in [1.82, 2.24) is 0 Å². The van der Waals surface area contributed by atoms with Gasteiger partial charge in [-0.05, 0) is 32.1 Å². The lowest BCUT2D eigenvalue weighted by Gasteiger charge is -2.24. The summed E-state index contributed by atoms with van der Waals surface area (Å²) in [4.78, 5) is 0. The number of ether oxygens (including phenoxy) is 2. The number of rotatable bonds is 21. The molecule has 1 heterocycles. The average molecular weight is 443 g/mol. The van der Waals surface area contributed by atoms with E-state index in [1.165, 1.54) is 89.9 Å². The normalized spacial score (nSPS) is 22.5. The summed E-state index contributed by atoms with van der Waals surface area (Å²) >= 11 is 0. The van der Waals surface area contributed by atoms with E-state index in [0.717, 1.165) is 12.8 Å². The first kappa shape index (κ1) is 28.6. The van der Waals surface area contributed by atoms with Gasteiger partial charge in [0.05, 0.1) is 13.2 Å². The molecule has 0 unspecified atom stereocenters. The van der Waals surface area contributed by atoms with Gasteiger partial charge in [-0.1, -0.05) is 89.7 Å². The van der Waals surface area contributed by atoms with Crippen LogP contribution in [0.15, 0.2) is 12.2 Å². The zero-order chi connectivity index (χ0) is 22.6. The molecule has 1 aliphatic rings. The van der Waals surface area contributed by atoms with Crippen LogP contribution < -0.4 is 0 Å². The second-order valence-corrected chi connectivity index (χ2v) is 9.09. The topological polar surface area (TPSA) is 79.2 Å². The molecule has 31 heavy (non-hydrogen) atoms. The Labute approximate surface area is 191 Å². The van der Waals surface area contributed by atoms with Gasteiger partial charge in [0.15, 0.2) is 0 Å². The fraction of sp³-hybridized carbons (Fsp3) is 0.923. The van der Waals surface area contributed by atoms with Gasteiger partial charge < -0.3 is 24.8 Å². The molecule has 0 amide bonds. The summed E-state index contributed by atoms with van der Waals surface area (Å²) < 4.78 is 11.0. The summed E-state index contributed by atoms with van der Waals surface area (Å²) in [7, 11) is 0. The summed E-state index contributed by atoms with van der Waals surface area (Å²) in [5.41, 5.74) is 0. The first-order chi connectivity index (χ1) is 15.2. The number of aliphatic hydroxyl groups is 3. The van der Waals surface area contributed by atoms with Crippen molar-refractivity contribution in [3.63, 3.8) is 0 Å². The van der Waals surface area contributed by atoms with E-state index >= 15 is 0 Å². The van der Waals surface area contributed by atoms with Crippen LogP contribution in [0.25, 0.3) is 0 Å². The maximum Gasteiger partial charge on any atom is 0.114 e. The molecule has 0 bridgehead atoms. The molecule has 0 aliphatic carbocycles. The lowest BCUT2D eigenvalue weighted by atomic mass is 10.0. The van der Waals surface area contributed by atoms with Gasteiger partial charge in [-0.3, -0.25) is 0 Å². The number of hydrogen-bond acceptors (Lipinski definition) is 5. The van der Waals surface area contributed by atoms with E-state index < -0.39 is 24.4 Å². The molecule has 1 saturated heterocycles. The standard InChI is InChI=1S/C26H50O5/c1-2-3-4-5-6-7-8-9-10-11-12-13-14-15-16-17-18-19-20-30-24(21-27)26-25(29)23(28)22-31-26/h6-7,23-29H,2-5,8-22H2,1H3/b7-6+/t23-,24+,25-,26-/m0/s1. The molecule has 5 heteroatoms. The molecule has 5 nitrogen and oxygen atoms in total. The molecule has 0 radical (unpaired) electrons. The Bertz CT molecular complexity index is 415. The summed E-state index contributed by atoms with van der Waals surface area (Å²) in [6, 6.07) is 0. The smallest absolute Gasteiger partial charge is 0.114 e. The molecule has 4 atom stereocenters. The summed E-state index contributed by atoms with van der Waals surface area (Å²) in [5, 5.41) is 28.8. The predicted molar refractivity (Wildman–Crippen MR) is 127 cm³/mol. The van der Waals surface area contributed by atoms with Crippen LogP contribution >= 0.6 is 0 Å². The van der Waals surface area contributed by atoms with Crippen molar-refractivity contribution in [2.45, 2.75) is 134 Å². The van der Waals surface area contributed by atoms with Crippen LogP contribution in [0.3, 0.4) is 0 Å². The third-order valence-corrected chi connectivity index (χ3v) is 6.22.